The summed E-state index contributed by atoms with van der Waals surface area (Å²) in [6.07, 6.45) is 5.28. The van der Waals surface area contributed by atoms with Crippen LogP contribution in [-0.4, -0.2) is 4.99 Å². The van der Waals surface area contributed by atoms with Crippen molar-refractivity contribution in [3.63, 3.8) is 0 Å². The summed E-state index contributed by atoms with van der Waals surface area (Å²) in [7, 11) is 0. The number of thiocarbonyl (C=S) groups is 1. The molecule has 0 fully saturated rings. The number of hydrogen-bond acceptors (Lipinski definition) is 1. The highest BCUT2D eigenvalue weighted by Crippen LogP contribution is 2.20. The molecule has 0 amide bonds. The number of benzene rings is 1. The summed E-state index contributed by atoms with van der Waals surface area (Å²) in [5.41, 5.74) is 9.09. The van der Waals surface area contributed by atoms with Crippen LogP contribution in [0.5, 0.6) is 0 Å². The van der Waals surface area contributed by atoms with E-state index < -0.39 is 0 Å². The summed E-state index contributed by atoms with van der Waals surface area (Å²) in [6, 6.07) is 6.10. The van der Waals surface area contributed by atoms with Crippen molar-refractivity contribution in [3.05, 3.63) is 41.0 Å². The Kier molecular flexibility index (Phi) is 1.70. The lowest BCUT2D eigenvalue weighted by Gasteiger charge is -2.01. The summed E-state index contributed by atoms with van der Waals surface area (Å²) in [5.74, 6) is 0. The minimum absolute atomic E-state index is 0.477. The smallest absolute Gasteiger partial charge is 0.103 e. The van der Waals surface area contributed by atoms with Crippen molar-refractivity contribution in [2.24, 2.45) is 5.73 Å². The standard InChI is InChI=1S/C10H9NS/c11-10(12)9-5-4-7-2-1-3-8(7)6-9/h1-2,4-6H,3H2,(H2,11,12). The summed E-state index contributed by atoms with van der Waals surface area (Å²) in [5, 5.41) is 0. The lowest BCUT2D eigenvalue weighted by Crippen LogP contribution is -2.09. The highest BCUT2D eigenvalue weighted by Gasteiger charge is 2.05. The summed E-state index contributed by atoms with van der Waals surface area (Å²) in [6.45, 7) is 0. The second-order valence-corrected chi connectivity index (χ2v) is 3.32. The molecular weight excluding hydrogens is 166 g/mol. The van der Waals surface area contributed by atoms with E-state index in [2.05, 4.69) is 24.3 Å². The van der Waals surface area contributed by atoms with Crippen LogP contribution in [0.1, 0.15) is 16.7 Å². The van der Waals surface area contributed by atoms with Gasteiger partial charge in [0, 0.05) is 5.56 Å². The highest BCUT2D eigenvalue weighted by molar-refractivity contribution is 7.80. The fraction of sp³-hybridized carbons (Fsp3) is 0.100. The Hall–Kier alpha value is -1.15. The van der Waals surface area contributed by atoms with Gasteiger partial charge in [-0.3, -0.25) is 0 Å². The lowest BCUT2D eigenvalue weighted by molar-refractivity contribution is 1.31. The van der Waals surface area contributed by atoms with Gasteiger partial charge < -0.3 is 5.73 Å². The number of allylic oxidation sites excluding steroid dienone is 1. The van der Waals surface area contributed by atoms with Gasteiger partial charge in [0.05, 0.1) is 0 Å². The van der Waals surface area contributed by atoms with Gasteiger partial charge >= 0.3 is 0 Å². The predicted molar refractivity (Wildman–Crippen MR) is 55.1 cm³/mol. The monoisotopic (exact) mass is 175 g/mol. The maximum absolute atomic E-state index is 5.52. The molecule has 2 rings (SSSR count). The third kappa shape index (κ3) is 1.14. The third-order valence-electron chi connectivity index (χ3n) is 2.06. The number of hydrogen-bond donors (Lipinski definition) is 1. The molecule has 60 valence electrons. The second kappa shape index (κ2) is 2.72. The van der Waals surface area contributed by atoms with E-state index in [0.717, 1.165) is 12.0 Å². The molecule has 2 N–H and O–H groups in total. The van der Waals surface area contributed by atoms with Crippen molar-refractivity contribution >= 4 is 23.3 Å². The molecule has 0 spiro atoms. The quantitative estimate of drug-likeness (QED) is 0.660. The van der Waals surface area contributed by atoms with Gasteiger partial charge in [-0.15, -0.1) is 0 Å². The van der Waals surface area contributed by atoms with Gasteiger partial charge in [0.1, 0.15) is 4.99 Å². The van der Waals surface area contributed by atoms with Gasteiger partial charge in [-0.1, -0.05) is 36.5 Å². The fourth-order valence-electron chi connectivity index (χ4n) is 1.41. The molecule has 0 aliphatic heterocycles. The summed E-state index contributed by atoms with van der Waals surface area (Å²) < 4.78 is 0. The van der Waals surface area contributed by atoms with E-state index in [4.69, 9.17) is 18.0 Å². The number of nitrogens with two attached hydrogens (primary N) is 1. The fourth-order valence-corrected chi connectivity index (χ4v) is 1.54. The van der Waals surface area contributed by atoms with Gasteiger partial charge in [-0.2, -0.15) is 0 Å². The topological polar surface area (TPSA) is 26.0 Å². The molecule has 1 aromatic rings. The Bertz CT molecular complexity index is 366. The van der Waals surface area contributed by atoms with E-state index in [1.165, 1.54) is 11.1 Å². The number of rotatable bonds is 1. The van der Waals surface area contributed by atoms with Gasteiger partial charge in [0.25, 0.3) is 0 Å². The average molecular weight is 175 g/mol. The Morgan fingerprint density at radius 1 is 1.42 bits per heavy atom. The van der Waals surface area contributed by atoms with E-state index in [1.54, 1.807) is 0 Å². The molecule has 1 aromatic carbocycles. The normalized spacial score (nSPS) is 13.0. The van der Waals surface area contributed by atoms with Crippen molar-refractivity contribution in [2.75, 3.05) is 0 Å². The maximum atomic E-state index is 5.52. The van der Waals surface area contributed by atoms with Crippen LogP contribution in [0.25, 0.3) is 6.08 Å². The zero-order valence-corrected chi connectivity index (χ0v) is 7.40. The molecule has 0 saturated carbocycles. The first-order valence-electron chi connectivity index (χ1n) is 3.86. The summed E-state index contributed by atoms with van der Waals surface area (Å²) in [4.78, 5) is 0.477. The number of fused-ring (bicyclic) bond motifs is 1. The SMILES string of the molecule is NC(=S)c1ccc2c(c1)CC=C2. The Labute approximate surface area is 76.9 Å². The van der Waals surface area contributed by atoms with Crippen LogP contribution in [0.15, 0.2) is 24.3 Å². The molecule has 12 heavy (non-hydrogen) atoms. The van der Waals surface area contributed by atoms with Crippen molar-refractivity contribution in [1.82, 2.24) is 0 Å². The molecule has 0 bridgehead atoms. The molecule has 0 heterocycles. The van der Waals surface area contributed by atoms with Crippen LogP contribution in [-0.2, 0) is 6.42 Å². The van der Waals surface area contributed by atoms with Crippen LogP contribution in [0, 0.1) is 0 Å². The molecule has 0 saturated heterocycles. The van der Waals surface area contributed by atoms with Gasteiger partial charge in [0.2, 0.25) is 0 Å². The minimum Gasteiger partial charge on any atom is -0.389 e. The highest BCUT2D eigenvalue weighted by atomic mass is 32.1. The van der Waals surface area contributed by atoms with E-state index >= 15 is 0 Å². The molecule has 0 unspecified atom stereocenters. The Morgan fingerprint density at radius 3 is 3.00 bits per heavy atom. The van der Waals surface area contributed by atoms with Crippen LogP contribution in [0.2, 0.25) is 0 Å². The van der Waals surface area contributed by atoms with Crippen LogP contribution < -0.4 is 5.73 Å². The summed E-state index contributed by atoms with van der Waals surface area (Å²) >= 11 is 4.89. The molecule has 0 atom stereocenters. The molecule has 2 heteroatoms. The lowest BCUT2D eigenvalue weighted by atomic mass is 10.1. The van der Waals surface area contributed by atoms with Crippen molar-refractivity contribution < 1.29 is 0 Å². The van der Waals surface area contributed by atoms with Crippen molar-refractivity contribution in [2.45, 2.75) is 6.42 Å². The van der Waals surface area contributed by atoms with Gasteiger partial charge in [-0.05, 0) is 23.6 Å². The van der Waals surface area contributed by atoms with Gasteiger partial charge in [-0.25, -0.2) is 0 Å². The minimum atomic E-state index is 0.477. The molecule has 1 aliphatic carbocycles. The molecular formula is C10H9NS. The molecule has 0 aromatic heterocycles. The van der Waals surface area contributed by atoms with Crippen molar-refractivity contribution in [1.29, 1.82) is 0 Å². The van der Waals surface area contributed by atoms with E-state index in [0.29, 0.717) is 4.99 Å². The Balaban J connectivity index is 2.49. The second-order valence-electron chi connectivity index (χ2n) is 2.88. The van der Waals surface area contributed by atoms with Crippen LogP contribution in [0.4, 0.5) is 0 Å². The first-order chi connectivity index (χ1) is 5.77. The third-order valence-corrected chi connectivity index (χ3v) is 2.30. The zero-order chi connectivity index (χ0) is 8.55. The van der Waals surface area contributed by atoms with Crippen LogP contribution >= 0.6 is 12.2 Å². The molecule has 1 aliphatic rings. The Morgan fingerprint density at radius 2 is 2.25 bits per heavy atom. The molecule has 1 nitrogen and oxygen atoms in total. The maximum Gasteiger partial charge on any atom is 0.103 e. The molecule has 0 radical (unpaired) electrons. The predicted octanol–water partition coefficient (Wildman–Crippen LogP) is 1.89. The average Bonchev–Trinajstić information content (AvgIpc) is 2.49. The van der Waals surface area contributed by atoms with E-state index in [-0.39, 0.29) is 0 Å². The van der Waals surface area contributed by atoms with Gasteiger partial charge in [0.15, 0.2) is 0 Å². The van der Waals surface area contributed by atoms with Crippen molar-refractivity contribution in [3.8, 4) is 0 Å². The first kappa shape index (κ1) is 7.50. The largest absolute Gasteiger partial charge is 0.389 e. The van der Waals surface area contributed by atoms with E-state index in [9.17, 15) is 0 Å². The first-order valence-corrected chi connectivity index (χ1v) is 4.27. The zero-order valence-electron chi connectivity index (χ0n) is 6.58. The van der Waals surface area contributed by atoms with Crippen LogP contribution in [0.3, 0.4) is 0 Å². The van der Waals surface area contributed by atoms with E-state index in [1.807, 2.05) is 6.07 Å².